The number of fused-ring (bicyclic) bond motifs is 2. The van der Waals surface area contributed by atoms with Crippen molar-refractivity contribution in [2.45, 2.75) is 0 Å². The van der Waals surface area contributed by atoms with Crippen molar-refractivity contribution in [2.75, 3.05) is 10.6 Å². The standard InChI is InChI=1S/C38H26N2O2/c41-37-31-13-7-15-33(39-29-21-17-27(18-22-29)25-9-3-1-4-10-25)35(31)38(42)36-32(37)14-8-16-34(36)40-30-23-19-28(20-24-30)26-11-5-2-6-12-26/h1-24,39-40H. The van der Waals surface area contributed by atoms with E-state index >= 15 is 0 Å². The van der Waals surface area contributed by atoms with Crippen LogP contribution in [-0.2, 0) is 0 Å². The van der Waals surface area contributed by atoms with Gasteiger partial charge < -0.3 is 10.6 Å². The van der Waals surface area contributed by atoms with Crippen LogP contribution in [0.25, 0.3) is 22.3 Å². The first-order valence-corrected chi connectivity index (χ1v) is 13.9. The fourth-order valence-corrected chi connectivity index (χ4v) is 5.51. The molecule has 0 saturated heterocycles. The maximum atomic E-state index is 14.1. The molecule has 0 radical (unpaired) electrons. The molecule has 200 valence electrons. The summed E-state index contributed by atoms with van der Waals surface area (Å²) in [4.78, 5) is 27.8. The lowest BCUT2D eigenvalue weighted by Crippen LogP contribution is -2.23. The Labute approximate surface area is 244 Å². The second kappa shape index (κ2) is 10.7. The summed E-state index contributed by atoms with van der Waals surface area (Å²) in [5.41, 5.74) is 8.92. The molecule has 0 heterocycles. The molecule has 0 amide bonds. The average Bonchev–Trinajstić information content (AvgIpc) is 3.05. The first kappa shape index (κ1) is 25.2. The van der Waals surface area contributed by atoms with Gasteiger partial charge in [-0.25, -0.2) is 0 Å². The Hall–Kier alpha value is -5.74. The van der Waals surface area contributed by atoms with E-state index in [2.05, 4.69) is 34.9 Å². The van der Waals surface area contributed by atoms with Crippen LogP contribution in [0.1, 0.15) is 31.8 Å². The molecule has 4 heteroatoms. The predicted octanol–water partition coefficient (Wildman–Crippen LogP) is 9.28. The molecule has 0 spiro atoms. The Morgan fingerprint density at radius 2 is 0.714 bits per heavy atom. The summed E-state index contributed by atoms with van der Waals surface area (Å²) in [6.45, 7) is 0. The second-order valence-electron chi connectivity index (χ2n) is 10.3. The van der Waals surface area contributed by atoms with Crippen LogP contribution in [0.5, 0.6) is 0 Å². The van der Waals surface area contributed by atoms with Crippen LogP contribution in [0.2, 0.25) is 0 Å². The molecule has 4 nitrogen and oxygen atoms in total. The minimum atomic E-state index is -0.187. The van der Waals surface area contributed by atoms with Gasteiger partial charge >= 0.3 is 0 Å². The molecule has 0 fully saturated rings. The lowest BCUT2D eigenvalue weighted by molar-refractivity contribution is 0.0980. The van der Waals surface area contributed by atoms with Crippen LogP contribution in [0.15, 0.2) is 146 Å². The van der Waals surface area contributed by atoms with E-state index in [1.807, 2.05) is 109 Å². The number of nitrogens with one attached hydrogen (secondary N) is 2. The molecule has 2 N–H and O–H groups in total. The summed E-state index contributed by atoms with van der Waals surface area (Å²) in [5, 5.41) is 6.78. The monoisotopic (exact) mass is 542 g/mol. The third-order valence-corrected chi connectivity index (χ3v) is 7.61. The number of hydrogen-bond donors (Lipinski definition) is 2. The molecular formula is C38H26N2O2. The third kappa shape index (κ3) is 4.65. The number of benzene rings is 6. The number of ketones is 2. The zero-order valence-electron chi connectivity index (χ0n) is 22.7. The van der Waals surface area contributed by atoms with Gasteiger partial charge in [-0.2, -0.15) is 0 Å². The van der Waals surface area contributed by atoms with Gasteiger partial charge in [0.15, 0.2) is 11.6 Å². The Kier molecular flexibility index (Phi) is 6.42. The van der Waals surface area contributed by atoms with Gasteiger partial charge in [0.25, 0.3) is 0 Å². The Morgan fingerprint density at radius 3 is 1.12 bits per heavy atom. The molecular weight excluding hydrogens is 516 g/mol. The molecule has 0 unspecified atom stereocenters. The first-order valence-electron chi connectivity index (χ1n) is 13.9. The largest absolute Gasteiger partial charge is 0.355 e. The Bertz CT molecular complexity index is 1790. The van der Waals surface area contributed by atoms with Crippen LogP contribution in [0, 0.1) is 0 Å². The van der Waals surface area contributed by atoms with Gasteiger partial charge in [0.05, 0.1) is 22.5 Å². The maximum absolute atomic E-state index is 14.1. The van der Waals surface area contributed by atoms with Crippen LogP contribution < -0.4 is 10.6 Å². The van der Waals surface area contributed by atoms with Crippen molar-refractivity contribution in [3.8, 4) is 22.3 Å². The highest BCUT2D eigenvalue weighted by molar-refractivity contribution is 6.32. The van der Waals surface area contributed by atoms with E-state index in [9.17, 15) is 9.59 Å². The molecule has 6 aromatic carbocycles. The summed E-state index contributed by atoms with van der Waals surface area (Å²) in [7, 11) is 0. The molecule has 0 aromatic heterocycles. The molecule has 0 aliphatic heterocycles. The van der Waals surface area contributed by atoms with E-state index in [0.29, 0.717) is 33.6 Å². The van der Waals surface area contributed by atoms with Crippen molar-refractivity contribution in [1.29, 1.82) is 0 Å². The predicted molar refractivity (Wildman–Crippen MR) is 170 cm³/mol. The van der Waals surface area contributed by atoms with E-state index in [1.54, 1.807) is 12.1 Å². The molecule has 0 saturated carbocycles. The summed E-state index contributed by atoms with van der Waals surface area (Å²) in [6.07, 6.45) is 0. The molecule has 1 aliphatic rings. The third-order valence-electron chi connectivity index (χ3n) is 7.61. The average molecular weight is 543 g/mol. The zero-order chi connectivity index (χ0) is 28.5. The number of anilines is 4. The fourth-order valence-electron chi connectivity index (χ4n) is 5.51. The summed E-state index contributed by atoms with van der Waals surface area (Å²) in [6, 6.07) is 47.2. The zero-order valence-corrected chi connectivity index (χ0v) is 22.7. The smallest absolute Gasteiger partial charge is 0.198 e. The number of carbonyl (C=O) groups excluding carboxylic acids is 2. The van der Waals surface area contributed by atoms with E-state index < -0.39 is 0 Å². The SMILES string of the molecule is O=C1c2cccc(Nc3ccc(-c4ccccc4)cc3)c2C(=O)c2c(Nc3ccc(-c4ccccc4)cc3)cccc21. The van der Waals surface area contributed by atoms with Gasteiger partial charge in [-0.1, -0.05) is 109 Å². The van der Waals surface area contributed by atoms with E-state index in [4.69, 9.17) is 0 Å². The van der Waals surface area contributed by atoms with Gasteiger partial charge in [0.2, 0.25) is 0 Å². The van der Waals surface area contributed by atoms with Crippen molar-refractivity contribution in [2.24, 2.45) is 0 Å². The number of rotatable bonds is 6. The van der Waals surface area contributed by atoms with Crippen molar-refractivity contribution in [3.05, 3.63) is 168 Å². The number of hydrogen-bond acceptors (Lipinski definition) is 4. The topological polar surface area (TPSA) is 58.2 Å². The highest BCUT2D eigenvalue weighted by Gasteiger charge is 2.33. The van der Waals surface area contributed by atoms with Crippen LogP contribution in [-0.4, -0.2) is 11.6 Å². The van der Waals surface area contributed by atoms with E-state index in [0.717, 1.165) is 33.6 Å². The van der Waals surface area contributed by atoms with Gasteiger partial charge in [-0.3, -0.25) is 9.59 Å². The van der Waals surface area contributed by atoms with Crippen molar-refractivity contribution in [1.82, 2.24) is 0 Å². The summed E-state index contributed by atoms with van der Waals surface area (Å²) in [5.74, 6) is -0.349. The normalized spacial score (nSPS) is 11.9. The van der Waals surface area contributed by atoms with E-state index in [-0.39, 0.29) is 11.6 Å². The number of carbonyl (C=O) groups is 2. The molecule has 6 aromatic rings. The van der Waals surface area contributed by atoms with Crippen LogP contribution in [0.4, 0.5) is 22.7 Å². The van der Waals surface area contributed by atoms with Gasteiger partial charge in [-0.15, -0.1) is 0 Å². The highest BCUT2D eigenvalue weighted by Crippen LogP contribution is 2.37. The second-order valence-corrected chi connectivity index (χ2v) is 10.3. The highest BCUT2D eigenvalue weighted by atomic mass is 16.1. The minimum absolute atomic E-state index is 0.161. The van der Waals surface area contributed by atoms with Gasteiger partial charge in [0, 0.05) is 22.5 Å². The fraction of sp³-hybridized carbons (Fsp3) is 0. The molecule has 0 atom stereocenters. The molecule has 7 rings (SSSR count). The molecule has 42 heavy (non-hydrogen) atoms. The van der Waals surface area contributed by atoms with E-state index in [1.165, 1.54) is 0 Å². The van der Waals surface area contributed by atoms with Gasteiger partial charge in [-0.05, 0) is 58.7 Å². The Balaban J connectivity index is 1.20. The van der Waals surface area contributed by atoms with Crippen molar-refractivity contribution < 1.29 is 9.59 Å². The summed E-state index contributed by atoms with van der Waals surface area (Å²) < 4.78 is 0. The Morgan fingerprint density at radius 1 is 0.333 bits per heavy atom. The quantitative estimate of drug-likeness (QED) is 0.220. The van der Waals surface area contributed by atoms with Crippen LogP contribution >= 0.6 is 0 Å². The lowest BCUT2D eigenvalue weighted by Gasteiger charge is -2.23. The van der Waals surface area contributed by atoms with Crippen molar-refractivity contribution in [3.63, 3.8) is 0 Å². The molecule has 1 aliphatic carbocycles. The van der Waals surface area contributed by atoms with Crippen LogP contribution in [0.3, 0.4) is 0 Å². The van der Waals surface area contributed by atoms with Crippen molar-refractivity contribution >= 4 is 34.3 Å². The van der Waals surface area contributed by atoms with Gasteiger partial charge in [0.1, 0.15) is 0 Å². The first-order chi connectivity index (χ1) is 20.7. The maximum Gasteiger partial charge on any atom is 0.198 e. The minimum Gasteiger partial charge on any atom is -0.355 e. The molecule has 0 bridgehead atoms. The lowest BCUT2D eigenvalue weighted by atomic mass is 9.82. The summed E-state index contributed by atoms with van der Waals surface area (Å²) >= 11 is 0.